The second-order valence-electron chi connectivity index (χ2n) is 6.78. The van der Waals surface area contributed by atoms with Crippen molar-refractivity contribution in [1.29, 1.82) is 0 Å². The molecule has 0 fully saturated rings. The Bertz CT molecular complexity index is 1150. The number of azo groups is 1. The van der Waals surface area contributed by atoms with Crippen LogP contribution in [0.5, 0.6) is 11.5 Å². The first-order valence-electron chi connectivity index (χ1n) is 9.34. The van der Waals surface area contributed by atoms with E-state index in [4.69, 9.17) is 4.74 Å². The predicted octanol–water partition coefficient (Wildman–Crippen LogP) is 5.36. The first-order valence-corrected chi connectivity index (χ1v) is 9.34. The number of benzene rings is 3. The van der Waals surface area contributed by atoms with E-state index < -0.39 is 23.3 Å². The van der Waals surface area contributed by atoms with Crippen LogP contribution in [-0.2, 0) is 16.1 Å². The quantitative estimate of drug-likeness (QED) is 0.177. The zero-order chi connectivity index (χ0) is 22.4. The maximum Gasteiger partial charge on any atom is 0.333 e. The molecule has 7 heteroatoms. The molecule has 0 aromatic heterocycles. The van der Waals surface area contributed by atoms with Crippen LogP contribution in [0.2, 0.25) is 0 Å². The molecule has 0 heterocycles. The summed E-state index contributed by atoms with van der Waals surface area (Å²) in [6.07, 6.45) is 0. The van der Waals surface area contributed by atoms with Crippen molar-refractivity contribution in [2.45, 2.75) is 13.5 Å². The summed E-state index contributed by atoms with van der Waals surface area (Å²) in [5, 5.41) is 28.2. The van der Waals surface area contributed by atoms with E-state index in [1.165, 1.54) is 12.1 Å². The lowest BCUT2D eigenvalue weighted by molar-refractivity contribution is -0.140. The van der Waals surface area contributed by atoms with E-state index in [9.17, 15) is 19.8 Å². The van der Waals surface area contributed by atoms with Gasteiger partial charge in [-0.05, 0) is 30.7 Å². The average Bonchev–Trinajstić information content (AvgIpc) is 2.78. The van der Waals surface area contributed by atoms with Crippen LogP contribution >= 0.6 is 0 Å². The molecular formula is C24H20N2O5. The molecule has 0 spiro atoms. The summed E-state index contributed by atoms with van der Waals surface area (Å²) in [7, 11) is 0. The molecule has 0 bridgehead atoms. The molecule has 156 valence electrons. The van der Waals surface area contributed by atoms with Gasteiger partial charge in [-0.15, -0.1) is 0 Å². The van der Waals surface area contributed by atoms with Crippen molar-refractivity contribution in [2.75, 3.05) is 0 Å². The van der Waals surface area contributed by atoms with Gasteiger partial charge in [0, 0.05) is 17.2 Å². The number of esters is 1. The molecule has 0 aliphatic carbocycles. The number of aromatic hydroxyl groups is 2. The van der Waals surface area contributed by atoms with Gasteiger partial charge >= 0.3 is 5.97 Å². The van der Waals surface area contributed by atoms with Gasteiger partial charge in [-0.2, -0.15) is 10.2 Å². The Morgan fingerprint density at radius 2 is 1.58 bits per heavy atom. The molecule has 0 atom stereocenters. The van der Waals surface area contributed by atoms with Gasteiger partial charge in [0.2, 0.25) is 0 Å². The summed E-state index contributed by atoms with van der Waals surface area (Å²) in [6, 6.07) is 17.8. The van der Waals surface area contributed by atoms with Crippen LogP contribution in [0.3, 0.4) is 0 Å². The number of rotatable bonds is 7. The fourth-order valence-electron chi connectivity index (χ4n) is 2.63. The summed E-state index contributed by atoms with van der Waals surface area (Å²) in [5.41, 5.74) is 2.11. The Labute approximate surface area is 179 Å². The highest BCUT2D eigenvalue weighted by Crippen LogP contribution is 2.35. The van der Waals surface area contributed by atoms with Crippen molar-refractivity contribution in [3.05, 3.63) is 95.6 Å². The molecular weight excluding hydrogens is 396 g/mol. The Kier molecular flexibility index (Phi) is 6.57. The van der Waals surface area contributed by atoms with Crippen LogP contribution < -0.4 is 0 Å². The third-order valence-electron chi connectivity index (χ3n) is 4.29. The van der Waals surface area contributed by atoms with Crippen LogP contribution in [0.25, 0.3) is 0 Å². The normalized spacial score (nSPS) is 10.7. The molecule has 0 amide bonds. The van der Waals surface area contributed by atoms with Gasteiger partial charge < -0.3 is 14.9 Å². The summed E-state index contributed by atoms with van der Waals surface area (Å²) in [5.74, 6) is -1.89. The van der Waals surface area contributed by atoms with Gasteiger partial charge in [0.25, 0.3) is 0 Å². The van der Waals surface area contributed by atoms with E-state index in [2.05, 4.69) is 16.8 Å². The fourth-order valence-corrected chi connectivity index (χ4v) is 2.63. The molecule has 3 aromatic carbocycles. The first kappa shape index (κ1) is 21.4. The largest absolute Gasteiger partial charge is 0.504 e. The molecule has 0 radical (unpaired) electrons. The SMILES string of the molecule is C=C(C)C(=O)OCc1ccc(N=Nc2cc(O)c(O)c(C(=O)c3ccccc3)c2)cc1. The number of hydrogen-bond acceptors (Lipinski definition) is 7. The monoisotopic (exact) mass is 416 g/mol. The molecule has 31 heavy (non-hydrogen) atoms. The van der Waals surface area contributed by atoms with Gasteiger partial charge in [-0.1, -0.05) is 49.0 Å². The maximum atomic E-state index is 12.7. The van der Waals surface area contributed by atoms with Crippen molar-refractivity contribution < 1.29 is 24.5 Å². The standard InChI is InChI=1S/C24H20N2O5/c1-15(2)24(30)31-14-16-8-10-18(11-9-16)25-26-19-12-20(23(29)21(27)13-19)22(28)17-6-4-3-5-7-17/h3-13,27,29H,1,14H2,2H3. The van der Waals surface area contributed by atoms with Crippen LogP contribution in [-0.4, -0.2) is 22.0 Å². The summed E-state index contributed by atoms with van der Waals surface area (Å²) < 4.78 is 5.08. The van der Waals surface area contributed by atoms with E-state index in [0.29, 0.717) is 16.8 Å². The van der Waals surface area contributed by atoms with Gasteiger partial charge in [0.15, 0.2) is 17.3 Å². The third kappa shape index (κ3) is 5.42. The second-order valence-corrected chi connectivity index (χ2v) is 6.78. The van der Waals surface area contributed by atoms with Crippen molar-refractivity contribution >= 4 is 23.1 Å². The number of carbonyl (C=O) groups is 2. The van der Waals surface area contributed by atoms with Crippen LogP contribution in [0.15, 0.2) is 89.1 Å². The van der Waals surface area contributed by atoms with E-state index in [-0.39, 0.29) is 17.9 Å². The Morgan fingerprint density at radius 3 is 2.23 bits per heavy atom. The minimum atomic E-state index is -0.513. The lowest BCUT2D eigenvalue weighted by Gasteiger charge is -2.07. The molecule has 7 nitrogen and oxygen atoms in total. The van der Waals surface area contributed by atoms with Crippen LogP contribution in [0.1, 0.15) is 28.4 Å². The highest BCUT2D eigenvalue weighted by molar-refractivity contribution is 6.11. The molecule has 0 saturated carbocycles. The van der Waals surface area contributed by atoms with Crippen molar-refractivity contribution in [1.82, 2.24) is 0 Å². The average molecular weight is 416 g/mol. The number of phenols is 2. The van der Waals surface area contributed by atoms with Crippen LogP contribution in [0.4, 0.5) is 11.4 Å². The topological polar surface area (TPSA) is 109 Å². The second kappa shape index (κ2) is 9.49. The van der Waals surface area contributed by atoms with Crippen molar-refractivity contribution in [3.63, 3.8) is 0 Å². The number of phenolic OH excluding ortho intramolecular Hbond substituents is 2. The Balaban J connectivity index is 1.76. The summed E-state index contributed by atoms with van der Waals surface area (Å²) in [4.78, 5) is 24.1. The smallest absolute Gasteiger partial charge is 0.333 e. The van der Waals surface area contributed by atoms with Gasteiger partial charge in [0.05, 0.1) is 16.9 Å². The number of hydrogen-bond donors (Lipinski definition) is 2. The van der Waals surface area contributed by atoms with Gasteiger partial charge in [0.1, 0.15) is 6.61 Å². The third-order valence-corrected chi connectivity index (χ3v) is 4.29. The minimum absolute atomic E-state index is 0.0742. The van der Waals surface area contributed by atoms with E-state index >= 15 is 0 Å². The number of ether oxygens (including phenoxy) is 1. The fraction of sp³-hybridized carbons (Fsp3) is 0.0833. The Morgan fingerprint density at radius 1 is 0.935 bits per heavy atom. The van der Waals surface area contributed by atoms with Crippen molar-refractivity contribution in [2.24, 2.45) is 10.2 Å². The van der Waals surface area contributed by atoms with E-state index in [0.717, 1.165) is 5.56 Å². The predicted molar refractivity (Wildman–Crippen MR) is 115 cm³/mol. The summed E-state index contributed by atoms with van der Waals surface area (Å²) in [6.45, 7) is 5.21. The molecule has 3 aromatic rings. The maximum absolute atomic E-state index is 12.7. The number of carbonyl (C=O) groups excluding carboxylic acids is 2. The van der Waals surface area contributed by atoms with E-state index in [1.807, 2.05) is 0 Å². The van der Waals surface area contributed by atoms with Gasteiger partial charge in [-0.3, -0.25) is 4.79 Å². The van der Waals surface area contributed by atoms with E-state index in [1.54, 1.807) is 61.5 Å². The molecule has 0 saturated heterocycles. The lowest BCUT2D eigenvalue weighted by Crippen LogP contribution is -2.04. The van der Waals surface area contributed by atoms with Crippen molar-refractivity contribution in [3.8, 4) is 11.5 Å². The number of nitrogens with zero attached hydrogens (tertiary/aromatic N) is 2. The lowest BCUT2D eigenvalue weighted by atomic mass is 10.0. The highest BCUT2D eigenvalue weighted by atomic mass is 16.5. The molecule has 0 unspecified atom stereocenters. The van der Waals surface area contributed by atoms with Crippen LogP contribution in [0, 0.1) is 0 Å². The Hall–Kier alpha value is -4.26. The molecule has 0 aliphatic heterocycles. The summed E-state index contributed by atoms with van der Waals surface area (Å²) >= 11 is 0. The van der Waals surface area contributed by atoms with Gasteiger partial charge in [-0.25, -0.2) is 4.79 Å². The highest BCUT2D eigenvalue weighted by Gasteiger charge is 2.17. The minimum Gasteiger partial charge on any atom is -0.504 e. The molecule has 2 N–H and O–H groups in total. The zero-order valence-electron chi connectivity index (χ0n) is 16.8. The number of ketones is 1. The molecule has 0 aliphatic rings. The first-order chi connectivity index (χ1) is 14.8. The zero-order valence-corrected chi connectivity index (χ0v) is 16.8. The molecule has 3 rings (SSSR count).